The van der Waals surface area contributed by atoms with Gasteiger partial charge in [-0.25, -0.2) is 5.14 Å². The van der Waals surface area contributed by atoms with Crippen molar-refractivity contribution in [3.63, 3.8) is 0 Å². The van der Waals surface area contributed by atoms with E-state index in [9.17, 15) is 13.2 Å². The minimum Gasteiger partial charge on any atom is -0.337 e. The van der Waals surface area contributed by atoms with Gasteiger partial charge in [0.25, 0.3) is 10.2 Å². The van der Waals surface area contributed by atoms with Crippen molar-refractivity contribution in [1.29, 1.82) is 0 Å². The Morgan fingerprint density at radius 1 is 1.14 bits per heavy atom. The number of amides is 1. The number of hydrogen-bond acceptors (Lipinski definition) is 3. The van der Waals surface area contributed by atoms with Crippen LogP contribution < -0.4 is 5.14 Å². The number of carbonyl (C=O) groups is 1. The average Bonchev–Trinajstić information content (AvgIpc) is 2.45. The van der Waals surface area contributed by atoms with Gasteiger partial charge in [0, 0.05) is 37.3 Å². The van der Waals surface area contributed by atoms with Crippen molar-refractivity contribution in [2.75, 3.05) is 26.2 Å². The second-order valence-electron chi connectivity index (χ2n) is 4.65. The van der Waals surface area contributed by atoms with Gasteiger partial charge >= 0.3 is 0 Å². The van der Waals surface area contributed by atoms with Crippen molar-refractivity contribution in [3.8, 4) is 0 Å². The quantitative estimate of drug-likeness (QED) is 0.829. The molecule has 1 aliphatic rings. The number of carbonyl (C=O) groups excluding carboxylic acids is 1. The van der Waals surface area contributed by atoms with Gasteiger partial charge in [0.2, 0.25) is 5.91 Å². The standard InChI is InChI=1S/C13H16ClN3O3S/c14-12-4-1-11(2-5-12)3-6-13(18)16-7-9-17(10-8-16)21(15,19)20/h1-6H,7-10H2,(H2,15,19,20)/b6-3+. The van der Waals surface area contributed by atoms with Gasteiger partial charge in [-0.1, -0.05) is 23.7 Å². The molecule has 2 N–H and O–H groups in total. The molecule has 8 heteroatoms. The zero-order chi connectivity index (χ0) is 15.5. The minimum absolute atomic E-state index is 0.154. The summed E-state index contributed by atoms with van der Waals surface area (Å²) in [6, 6.07) is 7.11. The lowest BCUT2D eigenvalue weighted by Gasteiger charge is -2.32. The number of benzene rings is 1. The Kier molecular flexibility index (Phi) is 5.00. The molecule has 2 rings (SSSR count). The Morgan fingerprint density at radius 2 is 1.71 bits per heavy atom. The van der Waals surface area contributed by atoms with Gasteiger partial charge in [-0.2, -0.15) is 12.7 Å². The van der Waals surface area contributed by atoms with Crippen LogP contribution in [0.15, 0.2) is 30.3 Å². The first-order valence-electron chi connectivity index (χ1n) is 6.37. The fourth-order valence-electron chi connectivity index (χ4n) is 2.01. The average molecular weight is 330 g/mol. The molecule has 0 bridgehead atoms. The highest BCUT2D eigenvalue weighted by Gasteiger charge is 2.25. The van der Waals surface area contributed by atoms with Crippen molar-refractivity contribution in [1.82, 2.24) is 9.21 Å². The molecule has 6 nitrogen and oxygen atoms in total. The molecule has 1 aromatic rings. The molecule has 1 saturated heterocycles. The topological polar surface area (TPSA) is 83.7 Å². The van der Waals surface area contributed by atoms with Crippen LogP contribution in [-0.2, 0) is 15.0 Å². The SMILES string of the molecule is NS(=O)(=O)N1CCN(C(=O)/C=C/c2ccc(Cl)cc2)CC1. The molecule has 1 aliphatic heterocycles. The van der Waals surface area contributed by atoms with Crippen LogP contribution in [0.25, 0.3) is 6.08 Å². The monoisotopic (exact) mass is 329 g/mol. The lowest BCUT2D eigenvalue weighted by atomic mass is 10.2. The first-order valence-corrected chi connectivity index (χ1v) is 8.25. The molecule has 0 atom stereocenters. The van der Waals surface area contributed by atoms with E-state index in [0.717, 1.165) is 5.56 Å². The fraction of sp³-hybridized carbons (Fsp3) is 0.308. The lowest BCUT2D eigenvalue weighted by molar-refractivity contribution is -0.127. The van der Waals surface area contributed by atoms with Crippen LogP contribution >= 0.6 is 11.6 Å². The number of nitrogens with zero attached hydrogens (tertiary/aromatic N) is 2. The molecule has 0 saturated carbocycles. The molecule has 0 aliphatic carbocycles. The van der Waals surface area contributed by atoms with E-state index in [4.69, 9.17) is 16.7 Å². The van der Waals surface area contributed by atoms with E-state index >= 15 is 0 Å². The summed E-state index contributed by atoms with van der Waals surface area (Å²) in [7, 11) is -3.67. The maximum absolute atomic E-state index is 12.0. The summed E-state index contributed by atoms with van der Waals surface area (Å²) in [5, 5.41) is 5.69. The van der Waals surface area contributed by atoms with Crippen LogP contribution in [-0.4, -0.2) is 49.7 Å². The van der Waals surface area contributed by atoms with Crippen LogP contribution in [0.5, 0.6) is 0 Å². The first-order chi connectivity index (χ1) is 9.86. The van der Waals surface area contributed by atoms with E-state index in [1.54, 1.807) is 23.1 Å². The maximum Gasteiger partial charge on any atom is 0.277 e. The largest absolute Gasteiger partial charge is 0.337 e. The van der Waals surface area contributed by atoms with Gasteiger partial charge < -0.3 is 4.90 Å². The molecule has 1 heterocycles. The molecule has 0 spiro atoms. The van der Waals surface area contributed by atoms with Crippen LogP contribution in [0.1, 0.15) is 5.56 Å². The highest BCUT2D eigenvalue weighted by molar-refractivity contribution is 7.86. The molecule has 0 unspecified atom stereocenters. The second-order valence-corrected chi connectivity index (χ2v) is 6.64. The van der Waals surface area contributed by atoms with E-state index in [2.05, 4.69) is 0 Å². The molecular weight excluding hydrogens is 314 g/mol. The predicted molar refractivity (Wildman–Crippen MR) is 81.7 cm³/mol. The van der Waals surface area contributed by atoms with Crippen LogP contribution in [0, 0.1) is 0 Å². The highest BCUT2D eigenvalue weighted by Crippen LogP contribution is 2.11. The Hall–Kier alpha value is -1.41. The van der Waals surface area contributed by atoms with E-state index in [1.807, 2.05) is 12.1 Å². The Bertz CT molecular complexity index is 635. The molecular formula is C13H16ClN3O3S. The Morgan fingerprint density at radius 3 is 2.24 bits per heavy atom. The summed E-state index contributed by atoms with van der Waals surface area (Å²) >= 11 is 5.78. The number of rotatable bonds is 3. The third kappa shape index (κ3) is 4.53. The van der Waals surface area contributed by atoms with Crippen molar-refractivity contribution in [2.45, 2.75) is 0 Å². The molecule has 1 aromatic carbocycles. The summed E-state index contributed by atoms with van der Waals surface area (Å²) in [5.41, 5.74) is 0.871. The third-order valence-electron chi connectivity index (χ3n) is 3.20. The molecule has 114 valence electrons. The van der Waals surface area contributed by atoms with Gasteiger partial charge in [-0.05, 0) is 23.8 Å². The van der Waals surface area contributed by atoms with Gasteiger partial charge in [-0.3, -0.25) is 4.79 Å². The molecule has 0 radical (unpaired) electrons. The molecule has 1 amide bonds. The van der Waals surface area contributed by atoms with Crippen LogP contribution in [0.3, 0.4) is 0 Å². The lowest BCUT2D eigenvalue weighted by Crippen LogP contribution is -2.51. The van der Waals surface area contributed by atoms with Gasteiger partial charge in [-0.15, -0.1) is 0 Å². The number of nitrogens with two attached hydrogens (primary N) is 1. The van der Waals surface area contributed by atoms with Crippen LogP contribution in [0.2, 0.25) is 5.02 Å². The predicted octanol–water partition coefficient (Wildman–Crippen LogP) is 0.701. The minimum atomic E-state index is -3.67. The summed E-state index contributed by atoms with van der Waals surface area (Å²) in [6.45, 7) is 1.11. The van der Waals surface area contributed by atoms with Crippen LogP contribution in [0.4, 0.5) is 0 Å². The van der Waals surface area contributed by atoms with E-state index in [0.29, 0.717) is 18.1 Å². The van der Waals surface area contributed by atoms with Crippen molar-refractivity contribution >= 4 is 33.8 Å². The molecule has 0 aromatic heterocycles. The number of piperazine rings is 1. The van der Waals surface area contributed by atoms with Gasteiger partial charge in [0.05, 0.1) is 0 Å². The summed E-state index contributed by atoms with van der Waals surface area (Å²) < 4.78 is 23.5. The van der Waals surface area contributed by atoms with E-state index < -0.39 is 10.2 Å². The van der Waals surface area contributed by atoms with Gasteiger partial charge in [0.15, 0.2) is 0 Å². The molecule has 1 fully saturated rings. The highest BCUT2D eigenvalue weighted by atomic mass is 35.5. The first kappa shape index (κ1) is 16.0. The molecule has 21 heavy (non-hydrogen) atoms. The normalized spacial score (nSPS) is 17.3. The maximum atomic E-state index is 12.0. The third-order valence-corrected chi connectivity index (χ3v) is 4.54. The van der Waals surface area contributed by atoms with Gasteiger partial charge in [0.1, 0.15) is 0 Å². The number of halogens is 1. The zero-order valence-corrected chi connectivity index (χ0v) is 12.8. The summed E-state index contributed by atoms with van der Waals surface area (Å²) in [4.78, 5) is 13.6. The Balaban J connectivity index is 1.92. The smallest absolute Gasteiger partial charge is 0.277 e. The van der Waals surface area contributed by atoms with E-state index in [-0.39, 0.29) is 19.0 Å². The summed E-state index contributed by atoms with van der Waals surface area (Å²) in [5.74, 6) is -0.154. The fourth-order valence-corrected chi connectivity index (χ4v) is 2.81. The van der Waals surface area contributed by atoms with Crippen molar-refractivity contribution in [2.24, 2.45) is 5.14 Å². The summed E-state index contributed by atoms with van der Waals surface area (Å²) in [6.07, 6.45) is 3.17. The zero-order valence-electron chi connectivity index (χ0n) is 11.3. The second kappa shape index (κ2) is 6.57. The van der Waals surface area contributed by atoms with E-state index in [1.165, 1.54) is 10.4 Å². The Labute approximate surface area is 129 Å². The number of hydrogen-bond donors (Lipinski definition) is 1. The van der Waals surface area contributed by atoms with Crippen molar-refractivity contribution in [3.05, 3.63) is 40.9 Å². The van der Waals surface area contributed by atoms with Crippen molar-refractivity contribution < 1.29 is 13.2 Å².